The monoisotopic (exact) mass is 361 g/mol. The van der Waals surface area contributed by atoms with Crippen molar-refractivity contribution in [3.8, 4) is 17.6 Å². The van der Waals surface area contributed by atoms with Crippen LogP contribution in [0.3, 0.4) is 0 Å². The zero-order chi connectivity index (χ0) is 19.3. The number of halogens is 2. The summed E-state index contributed by atoms with van der Waals surface area (Å²) in [6.45, 7) is 2.38. The molecule has 0 fully saturated rings. The number of alkyl halides is 2. The molecule has 0 radical (unpaired) electrons. The second-order valence-electron chi connectivity index (χ2n) is 5.33. The number of pyridine rings is 1. The molecule has 2 rings (SSSR count). The van der Waals surface area contributed by atoms with E-state index in [1.807, 2.05) is 6.07 Å². The van der Waals surface area contributed by atoms with E-state index in [2.05, 4.69) is 9.84 Å². The molecule has 0 amide bonds. The third kappa shape index (κ3) is 4.25. The summed E-state index contributed by atoms with van der Waals surface area (Å²) in [4.78, 5) is 12.3. The molecule has 0 atom stereocenters. The van der Waals surface area contributed by atoms with E-state index in [0.717, 1.165) is 4.68 Å². The lowest BCUT2D eigenvalue weighted by molar-refractivity contribution is -0.0514. The highest BCUT2D eigenvalue weighted by molar-refractivity contribution is 5.80. The molecule has 2 aromatic rings. The average Bonchev–Trinajstić information content (AvgIpc) is 2.56. The number of benzene rings is 1. The van der Waals surface area contributed by atoms with Crippen LogP contribution in [-0.4, -0.2) is 24.1 Å². The maximum atomic E-state index is 12.4. The van der Waals surface area contributed by atoms with Gasteiger partial charge in [0.05, 0.1) is 12.8 Å². The van der Waals surface area contributed by atoms with Crippen LogP contribution in [0.1, 0.15) is 29.3 Å². The fourth-order valence-corrected chi connectivity index (χ4v) is 2.35. The molecule has 0 aliphatic carbocycles. The van der Waals surface area contributed by atoms with Gasteiger partial charge >= 0.3 is 6.61 Å². The smallest absolute Gasteiger partial charge is 0.387 e. The fraction of sp³-hybridized carbons (Fsp3) is 0.278. The summed E-state index contributed by atoms with van der Waals surface area (Å²) in [6.07, 6.45) is 1.37. The Morgan fingerprint density at radius 1 is 1.31 bits per heavy atom. The molecule has 0 spiro atoms. The molecule has 0 N–H and O–H groups in total. The van der Waals surface area contributed by atoms with Gasteiger partial charge in [-0.15, -0.1) is 0 Å². The Morgan fingerprint density at radius 3 is 2.65 bits per heavy atom. The van der Waals surface area contributed by atoms with Gasteiger partial charge in [0, 0.05) is 5.69 Å². The zero-order valence-corrected chi connectivity index (χ0v) is 14.5. The van der Waals surface area contributed by atoms with Crippen LogP contribution < -0.4 is 15.0 Å². The van der Waals surface area contributed by atoms with Gasteiger partial charge in [0.2, 0.25) is 0 Å². The van der Waals surface area contributed by atoms with Crippen molar-refractivity contribution in [2.75, 3.05) is 6.61 Å². The van der Waals surface area contributed by atoms with E-state index in [1.54, 1.807) is 26.8 Å². The minimum atomic E-state index is -2.97. The first-order valence-corrected chi connectivity index (χ1v) is 7.76. The topological polar surface area (TPSA) is 76.6 Å². The first-order valence-electron chi connectivity index (χ1n) is 7.76. The van der Waals surface area contributed by atoms with Gasteiger partial charge in [0.25, 0.3) is 5.56 Å². The van der Waals surface area contributed by atoms with E-state index in [9.17, 15) is 13.6 Å². The molecular weight excluding hydrogens is 344 g/mol. The van der Waals surface area contributed by atoms with Gasteiger partial charge in [-0.05, 0) is 56.2 Å². The average molecular weight is 361 g/mol. The quantitative estimate of drug-likeness (QED) is 0.740. The van der Waals surface area contributed by atoms with Crippen LogP contribution in [0.25, 0.3) is 0 Å². The lowest BCUT2D eigenvalue weighted by Gasteiger charge is -2.11. The molecule has 0 saturated heterocycles. The number of nitriles is 1. The van der Waals surface area contributed by atoms with Gasteiger partial charge in [-0.2, -0.15) is 19.1 Å². The summed E-state index contributed by atoms with van der Waals surface area (Å²) < 4.78 is 35.7. The first-order chi connectivity index (χ1) is 12.4. The van der Waals surface area contributed by atoms with Gasteiger partial charge in [-0.1, -0.05) is 0 Å². The van der Waals surface area contributed by atoms with Crippen LogP contribution in [0, 0.1) is 25.2 Å². The number of rotatable bonds is 6. The largest absolute Gasteiger partial charge is 0.490 e. The summed E-state index contributed by atoms with van der Waals surface area (Å²) in [5.41, 5.74) is 1.15. The summed E-state index contributed by atoms with van der Waals surface area (Å²) in [5.74, 6) is 0.0527. The maximum absolute atomic E-state index is 12.4. The Morgan fingerprint density at radius 2 is 2.04 bits per heavy atom. The van der Waals surface area contributed by atoms with Crippen molar-refractivity contribution in [1.82, 2.24) is 4.68 Å². The molecule has 0 aliphatic rings. The lowest BCUT2D eigenvalue weighted by Crippen LogP contribution is -2.22. The summed E-state index contributed by atoms with van der Waals surface area (Å²) in [6, 6.07) is 7.87. The molecule has 0 unspecified atom stereocenters. The first kappa shape index (κ1) is 19.1. The van der Waals surface area contributed by atoms with Crippen molar-refractivity contribution in [2.24, 2.45) is 5.10 Å². The maximum Gasteiger partial charge on any atom is 0.387 e. The summed E-state index contributed by atoms with van der Waals surface area (Å²) in [5, 5.41) is 13.2. The molecular formula is C18H17F2N3O3. The molecule has 136 valence electrons. The molecule has 0 aliphatic heterocycles. The summed E-state index contributed by atoms with van der Waals surface area (Å²) in [7, 11) is 0. The Bertz CT molecular complexity index is 930. The SMILES string of the molecule is CCOc1cc(C=Nn2c(C)cc(C)c(C#N)c2=O)ccc1OC(F)F. The van der Waals surface area contributed by atoms with Crippen molar-refractivity contribution >= 4 is 6.21 Å². The van der Waals surface area contributed by atoms with E-state index in [4.69, 9.17) is 10.00 Å². The molecule has 1 aromatic heterocycles. The van der Waals surface area contributed by atoms with E-state index >= 15 is 0 Å². The second kappa shape index (κ2) is 8.25. The van der Waals surface area contributed by atoms with Crippen molar-refractivity contribution in [3.05, 3.63) is 57.0 Å². The van der Waals surface area contributed by atoms with Crippen molar-refractivity contribution < 1.29 is 18.3 Å². The predicted molar refractivity (Wildman–Crippen MR) is 92.1 cm³/mol. The van der Waals surface area contributed by atoms with E-state index in [-0.39, 0.29) is 23.7 Å². The highest BCUT2D eigenvalue weighted by Gasteiger charge is 2.12. The number of hydrogen-bond acceptors (Lipinski definition) is 5. The van der Waals surface area contributed by atoms with Gasteiger partial charge in [-0.25, -0.2) is 4.68 Å². The highest BCUT2D eigenvalue weighted by Crippen LogP contribution is 2.29. The van der Waals surface area contributed by atoms with Gasteiger partial charge in [0.1, 0.15) is 11.6 Å². The van der Waals surface area contributed by atoms with Crippen molar-refractivity contribution in [1.29, 1.82) is 5.26 Å². The highest BCUT2D eigenvalue weighted by atomic mass is 19.3. The Balaban J connectivity index is 2.41. The Kier molecular flexibility index (Phi) is 6.07. The third-order valence-corrected chi connectivity index (χ3v) is 3.48. The molecule has 1 heterocycles. The van der Waals surface area contributed by atoms with Gasteiger partial charge in [0.15, 0.2) is 11.5 Å². The number of hydrogen-bond donors (Lipinski definition) is 0. The van der Waals surface area contributed by atoms with Gasteiger partial charge < -0.3 is 9.47 Å². The predicted octanol–water partition coefficient (Wildman–Crippen LogP) is 3.22. The number of aryl methyl sites for hydroxylation is 2. The number of nitrogens with zero attached hydrogens (tertiary/aromatic N) is 3. The molecule has 0 saturated carbocycles. The van der Waals surface area contributed by atoms with Crippen LogP contribution in [-0.2, 0) is 0 Å². The minimum absolute atomic E-state index is 0.0171. The summed E-state index contributed by atoms with van der Waals surface area (Å²) >= 11 is 0. The number of aromatic nitrogens is 1. The Hall–Kier alpha value is -3.21. The minimum Gasteiger partial charge on any atom is -0.490 e. The van der Waals surface area contributed by atoms with E-state index < -0.39 is 12.2 Å². The molecule has 6 nitrogen and oxygen atoms in total. The normalized spacial score (nSPS) is 11.0. The molecule has 0 bridgehead atoms. The second-order valence-corrected chi connectivity index (χ2v) is 5.33. The molecule has 1 aromatic carbocycles. The van der Waals surface area contributed by atoms with Crippen LogP contribution in [0.4, 0.5) is 8.78 Å². The van der Waals surface area contributed by atoms with Crippen molar-refractivity contribution in [3.63, 3.8) is 0 Å². The van der Waals surface area contributed by atoms with Crippen molar-refractivity contribution in [2.45, 2.75) is 27.4 Å². The van der Waals surface area contributed by atoms with E-state index in [1.165, 1.54) is 24.4 Å². The van der Waals surface area contributed by atoms with Crippen LogP contribution in [0.5, 0.6) is 11.5 Å². The van der Waals surface area contributed by atoms with E-state index in [0.29, 0.717) is 16.8 Å². The van der Waals surface area contributed by atoms with Crippen LogP contribution in [0.15, 0.2) is 34.2 Å². The zero-order valence-electron chi connectivity index (χ0n) is 14.5. The number of ether oxygens (including phenoxy) is 2. The Labute approximate surface area is 148 Å². The molecule has 26 heavy (non-hydrogen) atoms. The van der Waals surface area contributed by atoms with Crippen LogP contribution in [0.2, 0.25) is 0 Å². The fourth-order valence-electron chi connectivity index (χ4n) is 2.35. The van der Waals surface area contributed by atoms with Crippen LogP contribution >= 0.6 is 0 Å². The standard InChI is InChI=1S/C18H17F2N3O3/c1-4-25-16-8-13(5-6-15(16)26-18(19)20)10-22-23-12(3)7-11(2)14(9-21)17(23)24/h5-8,10,18H,4H2,1-3H3. The molecule has 8 heteroatoms. The lowest BCUT2D eigenvalue weighted by atomic mass is 10.1. The third-order valence-electron chi connectivity index (χ3n) is 3.48. The van der Waals surface area contributed by atoms with Gasteiger partial charge in [-0.3, -0.25) is 4.79 Å².